The third kappa shape index (κ3) is 1.96. The summed E-state index contributed by atoms with van der Waals surface area (Å²) in [7, 11) is 0. The van der Waals surface area contributed by atoms with Gasteiger partial charge in [-0.25, -0.2) is 0 Å². The van der Waals surface area contributed by atoms with Gasteiger partial charge in [-0.3, -0.25) is 9.20 Å². The molecule has 0 saturated carbocycles. The standard InChI is InChI=1S/C10H11N3O2/c1-7-11-12-9-4-2-8(6-13(7)9)3-5-10(14)15/h2,4,6H,3,5H2,1H3,(H,14,15). The molecule has 0 spiro atoms. The van der Waals surface area contributed by atoms with Gasteiger partial charge in [-0.15, -0.1) is 10.2 Å². The minimum Gasteiger partial charge on any atom is -0.481 e. The number of aliphatic carboxylic acids is 1. The zero-order valence-electron chi connectivity index (χ0n) is 8.34. The molecule has 1 N–H and O–H groups in total. The van der Waals surface area contributed by atoms with Crippen LogP contribution in [0.25, 0.3) is 5.65 Å². The summed E-state index contributed by atoms with van der Waals surface area (Å²) in [5, 5.41) is 16.5. The Kier molecular flexibility index (Phi) is 2.37. The van der Waals surface area contributed by atoms with E-state index < -0.39 is 5.97 Å². The van der Waals surface area contributed by atoms with Gasteiger partial charge in [0, 0.05) is 12.6 Å². The summed E-state index contributed by atoms with van der Waals surface area (Å²) in [6.07, 6.45) is 2.56. The number of hydrogen-bond acceptors (Lipinski definition) is 3. The SMILES string of the molecule is Cc1nnc2ccc(CCC(=O)O)cn12. The summed E-state index contributed by atoms with van der Waals surface area (Å²) < 4.78 is 1.86. The van der Waals surface area contributed by atoms with Gasteiger partial charge in [-0.2, -0.15) is 0 Å². The number of rotatable bonds is 3. The summed E-state index contributed by atoms with van der Waals surface area (Å²) in [5.41, 5.74) is 1.76. The Hall–Kier alpha value is -1.91. The van der Waals surface area contributed by atoms with Crippen LogP contribution in [0, 0.1) is 6.92 Å². The van der Waals surface area contributed by atoms with Crippen LogP contribution in [0.3, 0.4) is 0 Å². The van der Waals surface area contributed by atoms with E-state index in [2.05, 4.69) is 10.2 Å². The molecule has 0 atom stereocenters. The topological polar surface area (TPSA) is 67.5 Å². The van der Waals surface area contributed by atoms with E-state index >= 15 is 0 Å². The molecule has 5 nitrogen and oxygen atoms in total. The van der Waals surface area contributed by atoms with Gasteiger partial charge in [0.2, 0.25) is 0 Å². The van der Waals surface area contributed by atoms with Crippen LogP contribution in [0.15, 0.2) is 18.3 Å². The van der Waals surface area contributed by atoms with E-state index in [9.17, 15) is 4.79 Å². The molecule has 2 aromatic rings. The maximum Gasteiger partial charge on any atom is 0.303 e. The minimum absolute atomic E-state index is 0.146. The molecular weight excluding hydrogens is 194 g/mol. The number of carboxylic acid groups (broad SMARTS) is 1. The molecule has 2 aromatic heterocycles. The fourth-order valence-corrected chi connectivity index (χ4v) is 1.45. The van der Waals surface area contributed by atoms with Crippen molar-refractivity contribution in [1.82, 2.24) is 14.6 Å². The van der Waals surface area contributed by atoms with Crippen LogP contribution >= 0.6 is 0 Å². The van der Waals surface area contributed by atoms with Crippen molar-refractivity contribution in [3.63, 3.8) is 0 Å². The Balaban J connectivity index is 2.29. The zero-order valence-corrected chi connectivity index (χ0v) is 8.34. The average molecular weight is 205 g/mol. The highest BCUT2D eigenvalue weighted by atomic mass is 16.4. The van der Waals surface area contributed by atoms with Crippen LogP contribution in [-0.4, -0.2) is 25.7 Å². The van der Waals surface area contributed by atoms with Crippen LogP contribution in [0.2, 0.25) is 0 Å². The van der Waals surface area contributed by atoms with E-state index in [4.69, 9.17) is 5.11 Å². The predicted octanol–water partition coefficient (Wildman–Crippen LogP) is 1.05. The molecule has 0 aromatic carbocycles. The van der Waals surface area contributed by atoms with E-state index in [0.717, 1.165) is 17.0 Å². The van der Waals surface area contributed by atoms with Gasteiger partial charge < -0.3 is 5.11 Å². The van der Waals surface area contributed by atoms with Crippen LogP contribution in [0.1, 0.15) is 17.8 Å². The molecule has 0 bridgehead atoms. The predicted molar refractivity (Wildman–Crippen MR) is 53.7 cm³/mol. The fourth-order valence-electron chi connectivity index (χ4n) is 1.45. The second kappa shape index (κ2) is 3.68. The molecule has 2 heterocycles. The van der Waals surface area contributed by atoms with E-state index in [1.807, 2.05) is 29.7 Å². The summed E-state index contributed by atoms with van der Waals surface area (Å²) in [6.45, 7) is 1.86. The monoisotopic (exact) mass is 205 g/mol. The van der Waals surface area contributed by atoms with Crippen molar-refractivity contribution in [2.75, 3.05) is 0 Å². The molecule has 2 rings (SSSR count). The average Bonchev–Trinajstić information content (AvgIpc) is 2.57. The number of aromatic nitrogens is 3. The lowest BCUT2D eigenvalue weighted by molar-refractivity contribution is -0.136. The van der Waals surface area contributed by atoms with Crippen LogP contribution in [0.4, 0.5) is 0 Å². The van der Waals surface area contributed by atoms with Crippen molar-refractivity contribution in [3.05, 3.63) is 29.7 Å². The number of nitrogens with zero attached hydrogens (tertiary/aromatic N) is 3. The van der Waals surface area contributed by atoms with E-state index in [1.165, 1.54) is 0 Å². The molecule has 5 heteroatoms. The van der Waals surface area contributed by atoms with Gasteiger partial charge in [0.05, 0.1) is 0 Å². The molecular formula is C10H11N3O2. The fraction of sp³-hybridized carbons (Fsp3) is 0.300. The van der Waals surface area contributed by atoms with E-state index in [0.29, 0.717) is 6.42 Å². The lowest BCUT2D eigenvalue weighted by Crippen LogP contribution is -1.99. The molecule has 0 radical (unpaired) electrons. The quantitative estimate of drug-likeness (QED) is 0.813. The lowest BCUT2D eigenvalue weighted by Gasteiger charge is -2.00. The Morgan fingerprint density at radius 1 is 1.47 bits per heavy atom. The van der Waals surface area contributed by atoms with Crippen LogP contribution < -0.4 is 0 Å². The normalized spacial score (nSPS) is 10.7. The molecule has 0 fully saturated rings. The number of hydrogen-bond donors (Lipinski definition) is 1. The molecule has 0 amide bonds. The van der Waals surface area contributed by atoms with Crippen molar-refractivity contribution in [2.45, 2.75) is 19.8 Å². The highest BCUT2D eigenvalue weighted by Gasteiger charge is 2.03. The smallest absolute Gasteiger partial charge is 0.303 e. The maximum absolute atomic E-state index is 10.4. The van der Waals surface area contributed by atoms with Gasteiger partial charge in [0.1, 0.15) is 5.82 Å². The first-order chi connectivity index (χ1) is 7.16. The van der Waals surface area contributed by atoms with Crippen molar-refractivity contribution in [1.29, 1.82) is 0 Å². The van der Waals surface area contributed by atoms with Crippen molar-refractivity contribution >= 4 is 11.6 Å². The Labute approximate surface area is 86.4 Å². The third-order valence-corrected chi connectivity index (χ3v) is 2.26. The molecule has 0 aliphatic carbocycles. The first-order valence-electron chi connectivity index (χ1n) is 4.69. The second-order valence-corrected chi connectivity index (χ2v) is 3.41. The van der Waals surface area contributed by atoms with Gasteiger partial charge in [-0.05, 0) is 25.0 Å². The van der Waals surface area contributed by atoms with Gasteiger partial charge in [0.15, 0.2) is 5.65 Å². The van der Waals surface area contributed by atoms with Crippen LogP contribution in [0.5, 0.6) is 0 Å². The highest BCUT2D eigenvalue weighted by molar-refractivity contribution is 5.67. The first kappa shape index (κ1) is 9.64. The number of pyridine rings is 1. The largest absolute Gasteiger partial charge is 0.481 e. The molecule has 0 aliphatic heterocycles. The Morgan fingerprint density at radius 3 is 3.00 bits per heavy atom. The molecule has 0 unspecified atom stereocenters. The molecule has 78 valence electrons. The maximum atomic E-state index is 10.4. The number of carbonyl (C=O) groups is 1. The Morgan fingerprint density at radius 2 is 2.27 bits per heavy atom. The summed E-state index contributed by atoms with van der Waals surface area (Å²) in [4.78, 5) is 10.4. The Bertz CT molecular complexity index is 504. The number of aryl methyl sites for hydroxylation is 2. The van der Waals surface area contributed by atoms with Gasteiger partial charge in [0.25, 0.3) is 0 Å². The van der Waals surface area contributed by atoms with Crippen molar-refractivity contribution < 1.29 is 9.90 Å². The zero-order chi connectivity index (χ0) is 10.8. The van der Waals surface area contributed by atoms with E-state index in [-0.39, 0.29) is 6.42 Å². The highest BCUT2D eigenvalue weighted by Crippen LogP contribution is 2.08. The van der Waals surface area contributed by atoms with E-state index in [1.54, 1.807) is 0 Å². The van der Waals surface area contributed by atoms with Gasteiger partial charge in [-0.1, -0.05) is 6.07 Å². The van der Waals surface area contributed by atoms with Gasteiger partial charge >= 0.3 is 5.97 Å². The molecule has 0 aliphatic rings. The third-order valence-electron chi connectivity index (χ3n) is 2.26. The number of fused-ring (bicyclic) bond motifs is 1. The van der Waals surface area contributed by atoms with Crippen LogP contribution in [-0.2, 0) is 11.2 Å². The van der Waals surface area contributed by atoms with Crippen molar-refractivity contribution in [3.8, 4) is 0 Å². The summed E-state index contributed by atoms with van der Waals surface area (Å²) in [6, 6.07) is 3.73. The lowest BCUT2D eigenvalue weighted by atomic mass is 10.1. The summed E-state index contributed by atoms with van der Waals surface area (Å²) in [5.74, 6) is 0.0257. The first-order valence-corrected chi connectivity index (χ1v) is 4.69. The van der Waals surface area contributed by atoms with Crippen molar-refractivity contribution in [2.24, 2.45) is 0 Å². The molecule has 0 saturated heterocycles. The molecule has 15 heavy (non-hydrogen) atoms. The summed E-state index contributed by atoms with van der Waals surface area (Å²) >= 11 is 0. The number of carboxylic acids is 1. The second-order valence-electron chi connectivity index (χ2n) is 3.41. The minimum atomic E-state index is -0.782.